The number of hydrogen-bond acceptors (Lipinski definition) is 4. The molecule has 0 bridgehead atoms. The van der Waals surface area contributed by atoms with Crippen LogP contribution in [0.2, 0.25) is 0 Å². The Morgan fingerprint density at radius 1 is 1.27 bits per heavy atom. The molecular weight excluding hydrogens is 280 g/mol. The molecule has 0 aliphatic heterocycles. The minimum absolute atomic E-state index is 0.320. The Hall–Kier alpha value is -1.71. The van der Waals surface area contributed by atoms with E-state index in [2.05, 4.69) is 0 Å². The number of hydrogen-bond donors (Lipinski definition) is 0. The van der Waals surface area contributed by atoms with Crippen LogP contribution >= 0.6 is 0 Å². The molecule has 1 aliphatic carbocycles. The van der Waals surface area contributed by atoms with Crippen LogP contribution in [-0.4, -0.2) is 25.8 Å². The molecule has 0 saturated carbocycles. The highest BCUT2D eigenvalue weighted by molar-refractivity contribution is 5.83. The Labute approximate surface area is 133 Å². The van der Waals surface area contributed by atoms with Crippen molar-refractivity contribution in [2.24, 2.45) is 5.41 Å². The molecule has 1 rings (SSSR count). The van der Waals surface area contributed by atoms with E-state index in [9.17, 15) is 4.79 Å². The number of ether oxygens (including phenoxy) is 3. The molecule has 1 atom stereocenters. The maximum atomic E-state index is 12.9. The van der Waals surface area contributed by atoms with Gasteiger partial charge in [0.1, 0.15) is 16.8 Å². The fourth-order valence-corrected chi connectivity index (χ4v) is 2.32. The van der Waals surface area contributed by atoms with Crippen LogP contribution in [0.1, 0.15) is 47.5 Å². The summed E-state index contributed by atoms with van der Waals surface area (Å²) in [5.41, 5.74) is -0.397. The molecule has 0 aromatic rings. The van der Waals surface area contributed by atoms with Gasteiger partial charge in [0, 0.05) is 6.42 Å². The molecule has 0 N–H and O–H groups in total. The van der Waals surface area contributed by atoms with Crippen molar-refractivity contribution >= 4 is 5.97 Å². The number of esters is 1. The molecule has 0 fully saturated rings. The Kier molecular flexibility index (Phi) is 5.86. The molecule has 4 nitrogen and oxygen atoms in total. The average Bonchev–Trinajstić information content (AvgIpc) is 2.42. The van der Waals surface area contributed by atoms with Gasteiger partial charge in [0.05, 0.1) is 20.0 Å². The summed E-state index contributed by atoms with van der Waals surface area (Å²) in [6, 6.07) is 0. The molecule has 0 amide bonds. The van der Waals surface area contributed by atoms with Gasteiger partial charge >= 0.3 is 5.97 Å². The number of rotatable bonds is 5. The summed E-state index contributed by atoms with van der Waals surface area (Å²) in [5, 5.41) is 0. The van der Waals surface area contributed by atoms with Crippen molar-refractivity contribution in [1.29, 1.82) is 0 Å². The lowest BCUT2D eigenvalue weighted by molar-refractivity contribution is -0.164. The van der Waals surface area contributed by atoms with Crippen LogP contribution in [-0.2, 0) is 19.0 Å². The van der Waals surface area contributed by atoms with Crippen LogP contribution < -0.4 is 0 Å². The van der Waals surface area contributed by atoms with E-state index in [1.807, 2.05) is 52.8 Å². The van der Waals surface area contributed by atoms with Gasteiger partial charge in [-0.3, -0.25) is 4.79 Å². The smallest absolute Gasteiger partial charge is 0.324 e. The minimum atomic E-state index is -0.969. The summed E-state index contributed by atoms with van der Waals surface area (Å²) in [5.74, 6) is 1.04. The minimum Gasteiger partial charge on any atom is -0.501 e. The lowest BCUT2D eigenvalue weighted by Crippen LogP contribution is -2.39. The molecule has 4 heteroatoms. The van der Waals surface area contributed by atoms with E-state index in [4.69, 9.17) is 14.2 Å². The topological polar surface area (TPSA) is 44.8 Å². The second-order valence-corrected chi connectivity index (χ2v) is 6.75. The fraction of sp³-hybridized carbons (Fsp3) is 0.611. The first-order valence-corrected chi connectivity index (χ1v) is 7.52. The van der Waals surface area contributed by atoms with Crippen molar-refractivity contribution < 1.29 is 19.0 Å². The predicted octanol–water partition coefficient (Wildman–Crippen LogP) is 4.14. The molecule has 1 unspecified atom stereocenters. The Morgan fingerprint density at radius 3 is 2.36 bits per heavy atom. The fourth-order valence-electron chi connectivity index (χ4n) is 2.32. The summed E-state index contributed by atoms with van der Waals surface area (Å²) >= 11 is 0. The summed E-state index contributed by atoms with van der Waals surface area (Å²) in [7, 11) is 3.19. The van der Waals surface area contributed by atoms with Crippen LogP contribution in [0.15, 0.2) is 35.3 Å². The number of carbonyl (C=O) groups excluding carboxylic acids is 1. The van der Waals surface area contributed by atoms with Crippen molar-refractivity contribution in [2.45, 2.75) is 53.1 Å². The summed E-state index contributed by atoms with van der Waals surface area (Å²) in [6.45, 7) is 9.59. The SMILES string of the molecule is COC1=CC(CC=C(C)C)(C(=O)OC(C)(C)C)C(OC)=CC1. The zero-order valence-electron chi connectivity index (χ0n) is 14.8. The molecular formula is C18H28O4. The van der Waals surface area contributed by atoms with Crippen molar-refractivity contribution in [3.05, 3.63) is 35.3 Å². The third-order valence-corrected chi connectivity index (χ3v) is 3.41. The maximum absolute atomic E-state index is 12.9. The highest BCUT2D eigenvalue weighted by Crippen LogP contribution is 2.42. The predicted molar refractivity (Wildman–Crippen MR) is 87.1 cm³/mol. The molecule has 0 aromatic carbocycles. The van der Waals surface area contributed by atoms with E-state index in [0.29, 0.717) is 18.6 Å². The first-order chi connectivity index (χ1) is 10.1. The molecule has 0 aromatic heterocycles. The van der Waals surface area contributed by atoms with Crippen molar-refractivity contribution in [2.75, 3.05) is 14.2 Å². The Balaban J connectivity index is 3.33. The molecule has 0 saturated heterocycles. The lowest BCUT2D eigenvalue weighted by Gasteiger charge is -2.35. The van der Waals surface area contributed by atoms with Crippen molar-refractivity contribution in [3.8, 4) is 0 Å². The monoisotopic (exact) mass is 308 g/mol. The highest BCUT2D eigenvalue weighted by atomic mass is 16.6. The van der Waals surface area contributed by atoms with Gasteiger partial charge in [0.25, 0.3) is 0 Å². The normalized spacial score (nSPS) is 21.4. The molecule has 1 aliphatic rings. The van der Waals surface area contributed by atoms with Gasteiger partial charge in [-0.05, 0) is 53.2 Å². The second-order valence-electron chi connectivity index (χ2n) is 6.75. The lowest BCUT2D eigenvalue weighted by atomic mass is 9.77. The number of allylic oxidation sites excluding steroid dienone is 3. The van der Waals surface area contributed by atoms with E-state index in [1.54, 1.807) is 14.2 Å². The van der Waals surface area contributed by atoms with Crippen LogP contribution in [0.3, 0.4) is 0 Å². The molecule has 22 heavy (non-hydrogen) atoms. The van der Waals surface area contributed by atoms with Gasteiger partial charge in [-0.25, -0.2) is 0 Å². The zero-order valence-corrected chi connectivity index (χ0v) is 14.8. The quantitative estimate of drug-likeness (QED) is 0.566. The van der Waals surface area contributed by atoms with Gasteiger partial charge in [0.15, 0.2) is 0 Å². The van der Waals surface area contributed by atoms with Gasteiger partial charge < -0.3 is 14.2 Å². The van der Waals surface area contributed by atoms with Gasteiger partial charge in [-0.1, -0.05) is 11.6 Å². The van der Waals surface area contributed by atoms with E-state index in [0.717, 1.165) is 11.3 Å². The van der Waals surface area contributed by atoms with Crippen molar-refractivity contribution in [3.63, 3.8) is 0 Å². The number of methoxy groups -OCH3 is 2. The summed E-state index contributed by atoms with van der Waals surface area (Å²) < 4.78 is 16.5. The standard InChI is InChI=1S/C18H28O4/c1-13(2)10-11-18(16(19)22-17(3,4)5)12-14(20-6)8-9-15(18)21-7/h9-10,12H,8,11H2,1-7H3. The van der Waals surface area contributed by atoms with Crippen molar-refractivity contribution in [1.82, 2.24) is 0 Å². The Morgan fingerprint density at radius 2 is 1.91 bits per heavy atom. The van der Waals surface area contributed by atoms with Gasteiger partial charge in [0.2, 0.25) is 0 Å². The first kappa shape index (κ1) is 18.3. The van der Waals surface area contributed by atoms with Crippen LogP contribution in [0, 0.1) is 5.41 Å². The molecule has 0 heterocycles. The number of carbonyl (C=O) groups is 1. The summed E-state index contributed by atoms with van der Waals surface area (Å²) in [6.07, 6.45) is 6.84. The third kappa shape index (κ3) is 4.39. The van der Waals surface area contributed by atoms with Crippen LogP contribution in [0.25, 0.3) is 0 Å². The molecule has 124 valence electrons. The van der Waals surface area contributed by atoms with Gasteiger partial charge in [-0.2, -0.15) is 0 Å². The van der Waals surface area contributed by atoms with Crippen LogP contribution in [0.4, 0.5) is 0 Å². The highest BCUT2D eigenvalue weighted by Gasteiger charge is 2.46. The zero-order chi connectivity index (χ0) is 17.0. The van der Waals surface area contributed by atoms with E-state index in [-0.39, 0.29) is 5.97 Å². The Bertz CT molecular complexity index is 502. The third-order valence-electron chi connectivity index (χ3n) is 3.41. The maximum Gasteiger partial charge on any atom is 0.324 e. The largest absolute Gasteiger partial charge is 0.501 e. The molecule has 0 radical (unpaired) electrons. The van der Waals surface area contributed by atoms with Gasteiger partial charge in [-0.15, -0.1) is 0 Å². The average molecular weight is 308 g/mol. The van der Waals surface area contributed by atoms with E-state index < -0.39 is 11.0 Å². The van der Waals surface area contributed by atoms with Crippen LogP contribution in [0.5, 0.6) is 0 Å². The van der Waals surface area contributed by atoms with E-state index >= 15 is 0 Å². The second kappa shape index (κ2) is 7.03. The first-order valence-electron chi connectivity index (χ1n) is 7.52. The van der Waals surface area contributed by atoms with E-state index in [1.165, 1.54) is 0 Å². The summed E-state index contributed by atoms with van der Waals surface area (Å²) in [4.78, 5) is 12.9. The molecule has 0 spiro atoms.